The highest BCUT2D eigenvalue weighted by Crippen LogP contribution is 2.33. The van der Waals surface area contributed by atoms with E-state index in [1.807, 2.05) is 32.3 Å². The van der Waals surface area contributed by atoms with Gasteiger partial charge >= 0.3 is 0 Å². The van der Waals surface area contributed by atoms with Crippen LogP contribution in [0.3, 0.4) is 0 Å². The fraction of sp³-hybridized carbons (Fsp3) is 0.235. The fourth-order valence-electron chi connectivity index (χ4n) is 3.06. The van der Waals surface area contributed by atoms with E-state index in [-0.39, 0.29) is 5.83 Å². The molecule has 0 saturated heterocycles. The Morgan fingerprint density at radius 3 is 2.88 bits per heavy atom. The molecule has 0 amide bonds. The van der Waals surface area contributed by atoms with Crippen LogP contribution in [0.4, 0.5) is 10.2 Å². The molecule has 0 radical (unpaired) electrons. The van der Waals surface area contributed by atoms with Crippen LogP contribution in [0.25, 0.3) is 11.1 Å². The van der Waals surface area contributed by atoms with Gasteiger partial charge in [0.1, 0.15) is 23.5 Å². The van der Waals surface area contributed by atoms with Crippen LogP contribution >= 0.6 is 0 Å². The van der Waals surface area contributed by atoms with Crippen LogP contribution in [0.1, 0.15) is 12.5 Å². The van der Waals surface area contributed by atoms with Gasteiger partial charge in [0.15, 0.2) is 0 Å². The summed E-state index contributed by atoms with van der Waals surface area (Å²) < 4.78 is 15.8. The van der Waals surface area contributed by atoms with Gasteiger partial charge in [-0.05, 0) is 19.1 Å². The summed E-state index contributed by atoms with van der Waals surface area (Å²) in [7, 11) is 1.85. The third kappa shape index (κ3) is 2.20. The molecule has 0 bridgehead atoms. The Balaban J connectivity index is 1.76. The molecule has 7 heteroatoms. The summed E-state index contributed by atoms with van der Waals surface area (Å²) in [6.07, 6.45) is 10.4. The molecule has 2 aromatic rings. The molecule has 6 nitrogen and oxygen atoms in total. The Morgan fingerprint density at radius 1 is 1.33 bits per heavy atom. The van der Waals surface area contributed by atoms with Gasteiger partial charge < -0.3 is 11.1 Å². The van der Waals surface area contributed by atoms with Crippen LogP contribution in [0.2, 0.25) is 0 Å². The summed E-state index contributed by atoms with van der Waals surface area (Å²) >= 11 is 0. The molecule has 4 rings (SSSR count). The minimum absolute atomic E-state index is 0.266. The number of rotatable bonds is 2. The maximum absolute atomic E-state index is 14.1. The molecule has 122 valence electrons. The quantitative estimate of drug-likeness (QED) is 0.885. The number of anilines is 1. The number of nitrogens with two attached hydrogens (primary N) is 1. The van der Waals surface area contributed by atoms with Gasteiger partial charge in [0, 0.05) is 30.6 Å². The van der Waals surface area contributed by atoms with Gasteiger partial charge in [-0.25, -0.2) is 9.37 Å². The number of nitrogens with zero attached hydrogens (tertiary/aromatic N) is 4. The van der Waals surface area contributed by atoms with Crippen LogP contribution in [0, 0.1) is 0 Å². The zero-order valence-corrected chi connectivity index (χ0v) is 13.4. The average molecular weight is 324 g/mol. The number of aromatic nitrogens is 3. The lowest BCUT2D eigenvalue weighted by atomic mass is 9.89. The van der Waals surface area contributed by atoms with E-state index in [2.05, 4.69) is 20.4 Å². The molecule has 2 aliphatic rings. The number of aliphatic imine (C=N–C) groups is 1. The normalized spacial score (nSPS) is 25.0. The van der Waals surface area contributed by atoms with E-state index < -0.39 is 11.6 Å². The first-order chi connectivity index (χ1) is 11.5. The number of nitrogen functional groups attached to an aromatic ring is 1. The molecular weight excluding hydrogens is 307 g/mol. The fourth-order valence-corrected chi connectivity index (χ4v) is 3.06. The van der Waals surface area contributed by atoms with Gasteiger partial charge in [-0.3, -0.25) is 9.67 Å². The largest absolute Gasteiger partial charge is 0.383 e. The summed E-state index contributed by atoms with van der Waals surface area (Å²) in [6, 6.07) is 1.32. The molecular formula is C17H17FN6. The summed E-state index contributed by atoms with van der Waals surface area (Å²) in [6.45, 7) is 1.91. The van der Waals surface area contributed by atoms with Crippen LogP contribution in [0.5, 0.6) is 0 Å². The maximum atomic E-state index is 14.1. The van der Waals surface area contributed by atoms with E-state index in [9.17, 15) is 4.39 Å². The molecule has 1 aliphatic carbocycles. The highest BCUT2D eigenvalue weighted by atomic mass is 19.1. The molecule has 1 aliphatic heterocycles. The van der Waals surface area contributed by atoms with Gasteiger partial charge in [0.05, 0.1) is 17.3 Å². The SMILES string of the molecule is Cn1cc(-c2cnc(N)c(C3=NC4C(F)=CC=CC4(C)N3)c2)cn1. The van der Waals surface area contributed by atoms with E-state index >= 15 is 0 Å². The van der Waals surface area contributed by atoms with Crippen molar-refractivity contribution in [2.75, 3.05) is 5.73 Å². The standard InChI is InChI=1S/C17H17FN6/c1-17-5-3-4-13(18)14(17)22-16(23-17)12-6-10(7-20-15(12)19)11-8-21-24(2)9-11/h3-9,14H,1-2H3,(H2,19,20)(H,22,23). The number of halogens is 1. The molecule has 0 aromatic carbocycles. The van der Waals surface area contributed by atoms with E-state index in [1.54, 1.807) is 23.2 Å². The van der Waals surface area contributed by atoms with Crippen LogP contribution in [-0.4, -0.2) is 32.2 Å². The number of hydrogen-bond acceptors (Lipinski definition) is 5. The Kier molecular flexibility index (Phi) is 3.06. The first-order valence-electron chi connectivity index (χ1n) is 7.62. The molecule has 0 fully saturated rings. The second-order valence-electron chi connectivity index (χ2n) is 6.26. The third-order valence-corrected chi connectivity index (χ3v) is 4.38. The Hall–Kier alpha value is -2.96. The number of hydrogen-bond donors (Lipinski definition) is 2. The highest BCUT2D eigenvalue weighted by molar-refractivity contribution is 6.05. The number of pyridine rings is 1. The number of nitrogens with one attached hydrogen (secondary N) is 1. The van der Waals surface area contributed by atoms with Crippen molar-refractivity contribution < 1.29 is 4.39 Å². The molecule has 2 aromatic heterocycles. The van der Waals surface area contributed by atoms with Crippen molar-refractivity contribution in [3.05, 3.63) is 54.3 Å². The number of aryl methyl sites for hydroxylation is 1. The van der Waals surface area contributed by atoms with Crippen LogP contribution in [-0.2, 0) is 7.05 Å². The molecule has 3 N–H and O–H groups in total. The Morgan fingerprint density at radius 2 is 2.17 bits per heavy atom. The summed E-state index contributed by atoms with van der Waals surface area (Å²) in [5.74, 6) is 0.635. The van der Waals surface area contributed by atoms with E-state index in [0.29, 0.717) is 17.2 Å². The molecule has 2 atom stereocenters. The van der Waals surface area contributed by atoms with E-state index in [1.165, 1.54) is 6.08 Å². The van der Waals surface area contributed by atoms with Crippen molar-refractivity contribution in [3.63, 3.8) is 0 Å². The van der Waals surface area contributed by atoms with Gasteiger partial charge in [-0.2, -0.15) is 5.10 Å². The Labute approximate surface area is 138 Å². The number of fused-ring (bicyclic) bond motifs is 1. The lowest BCUT2D eigenvalue weighted by Gasteiger charge is -2.28. The lowest BCUT2D eigenvalue weighted by molar-refractivity contribution is 0.418. The van der Waals surface area contributed by atoms with Gasteiger partial charge in [-0.15, -0.1) is 0 Å². The van der Waals surface area contributed by atoms with Gasteiger partial charge in [0.2, 0.25) is 0 Å². The molecule has 24 heavy (non-hydrogen) atoms. The summed E-state index contributed by atoms with van der Waals surface area (Å²) in [5.41, 5.74) is 7.92. The van der Waals surface area contributed by atoms with Gasteiger partial charge in [-0.1, -0.05) is 12.2 Å². The predicted molar refractivity (Wildman–Crippen MR) is 91.0 cm³/mol. The number of allylic oxidation sites excluding steroid dienone is 2. The third-order valence-electron chi connectivity index (χ3n) is 4.38. The van der Waals surface area contributed by atoms with Gasteiger partial charge in [0.25, 0.3) is 0 Å². The first kappa shape index (κ1) is 14.6. The minimum Gasteiger partial charge on any atom is -0.383 e. The first-order valence-corrected chi connectivity index (χ1v) is 7.62. The number of amidine groups is 1. The maximum Gasteiger partial charge on any atom is 0.134 e. The summed E-state index contributed by atoms with van der Waals surface area (Å²) in [4.78, 5) is 8.77. The molecule has 3 heterocycles. The lowest BCUT2D eigenvalue weighted by Crippen LogP contribution is -2.47. The van der Waals surface area contributed by atoms with E-state index in [4.69, 9.17) is 5.73 Å². The van der Waals surface area contributed by atoms with Crippen LogP contribution < -0.4 is 11.1 Å². The Bertz CT molecular complexity index is 910. The smallest absolute Gasteiger partial charge is 0.134 e. The van der Waals surface area contributed by atoms with Crippen molar-refractivity contribution in [3.8, 4) is 11.1 Å². The van der Waals surface area contributed by atoms with Crippen molar-refractivity contribution in [1.29, 1.82) is 0 Å². The topological polar surface area (TPSA) is 81.1 Å². The average Bonchev–Trinajstić information content (AvgIpc) is 3.12. The van der Waals surface area contributed by atoms with Crippen molar-refractivity contribution in [2.24, 2.45) is 12.0 Å². The van der Waals surface area contributed by atoms with Crippen molar-refractivity contribution in [1.82, 2.24) is 20.1 Å². The zero-order valence-electron chi connectivity index (χ0n) is 13.4. The second-order valence-corrected chi connectivity index (χ2v) is 6.26. The molecule has 0 saturated carbocycles. The molecule has 0 spiro atoms. The minimum atomic E-state index is -0.592. The monoisotopic (exact) mass is 324 g/mol. The highest BCUT2D eigenvalue weighted by Gasteiger charge is 2.42. The van der Waals surface area contributed by atoms with Crippen LogP contribution in [0.15, 0.2) is 53.7 Å². The predicted octanol–water partition coefficient (Wildman–Crippen LogP) is 1.96. The van der Waals surface area contributed by atoms with E-state index in [0.717, 1.165) is 11.1 Å². The zero-order chi connectivity index (χ0) is 16.9. The summed E-state index contributed by atoms with van der Waals surface area (Å²) in [5, 5.41) is 7.45. The van der Waals surface area contributed by atoms with Crippen molar-refractivity contribution in [2.45, 2.75) is 18.5 Å². The second kappa shape index (κ2) is 5.02. The van der Waals surface area contributed by atoms with Crippen molar-refractivity contribution >= 4 is 11.7 Å². The molecule has 2 unspecified atom stereocenters.